The molecular weight excluding hydrogens is 362 g/mol. The third-order valence-electron chi connectivity index (χ3n) is 7.00. The summed E-state index contributed by atoms with van der Waals surface area (Å²) < 4.78 is 0. The zero-order valence-electron chi connectivity index (χ0n) is 21.7. The van der Waals surface area contributed by atoms with Gasteiger partial charge in [0, 0.05) is 0 Å². The van der Waals surface area contributed by atoms with Crippen molar-refractivity contribution in [2.24, 2.45) is 46.8 Å². The monoisotopic (exact) mass is 415 g/mol. The fraction of sp³-hybridized carbons (Fsp3) is 0.759. The molecule has 1 fully saturated rings. The summed E-state index contributed by atoms with van der Waals surface area (Å²) in [5, 5.41) is 8.02. The molecule has 0 radical (unpaired) electrons. The summed E-state index contributed by atoms with van der Waals surface area (Å²) in [4.78, 5) is 0. The van der Waals surface area contributed by atoms with Gasteiger partial charge in [0.2, 0.25) is 0 Å². The predicted octanol–water partition coefficient (Wildman–Crippen LogP) is 9.36. The molecule has 6 atom stereocenters. The van der Waals surface area contributed by atoms with E-state index in [1.54, 1.807) is 6.21 Å². The number of rotatable bonds is 11. The summed E-state index contributed by atoms with van der Waals surface area (Å²) in [5.41, 5.74) is 0.230. The summed E-state index contributed by atoms with van der Waals surface area (Å²) >= 11 is 0. The van der Waals surface area contributed by atoms with Crippen LogP contribution < -0.4 is 0 Å². The first-order chi connectivity index (χ1) is 14.1. The normalized spacial score (nSPS) is 25.6. The van der Waals surface area contributed by atoms with E-state index in [0.29, 0.717) is 41.4 Å². The number of allylic oxidation sites excluding steroid dienone is 5. The molecule has 1 aliphatic rings. The molecule has 1 aliphatic carbocycles. The lowest BCUT2D eigenvalue weighted by Crippen LogP contribution is -2.35. The van der Waals surface area contributed by atoms with Crippen LogP contribution in [-0.2, 0) is 0 Å². The first kappa shape index (κ1) is 28.9. The molecule has 174 valence electrons. The fourth-order valence-corrected chi connectivity index (χ4v) is 4.54. The Kier molecular flexibility index (Phi) is 14.3. The third kappa shape index (κ3) is 10.3. The third-order valence-corrected chi connectivity index (χ3v) is 7.00. The van der Waals surface area contributed by atoms with Crippen LogP contribution >= 0.6 is 0 Å². The molecule has 1 saturated carbocycles. The van der Waals surface area contributed by atoms with Crippen LogP contribution in [0.15, 0.2) is 37.0 Å². The van der Waals surface area contributed by atoms with Gasteiger partial charge in [-0.1, -0.05) is 99.1 Å². The topological polar surface area (TPSA) is 23.9 Å². The number of hydrogen-bond donors (Lipinski definition) is 1. The van der Waals surface area contributed by atoms with E-state index in [9.17, 15) is 0 Å². The molecular formula is C29H53N. The van der Waals surface area contributed by atoms with Gasteiger partial charge >= 0.3 is 0 Å². The number of hydrogen-bond acceptors (Lipinski definition) is 1. The molecule has 0 aromatic rings. The average molecular weight is 416 g/mol. The first-order valence-electron chi connectivity index (χ1n) is 12.6. The van der Waals surface area contributed by atoms with E-state index in [4.69, 9.17) is 5.41 Å². The van der Waals surface area contributed by atoms with Gasteiger partial charge in [-0.2, -0.15) is 0 Å². The van der Waals surface area contributed by atoms with Crippen LogP contribution in [0.2, 0.25) is 0 Å². The zero-order chi connectivity index (χ0) is 23.3. The van der Waals surface area contributed by atoms with Crippen molar-refractivity contribution in [3.05, 3.63) is 37.0 Å². The van der Waals surface area contributed by atoms with Gasteiger partial charge in [-0.05, 0) is 78.7 Å². The summed E-state index contributed by atoms with van der Waals surface area (Å²) in [6, 6.07) is 0. The van der Waals surface area contributed by atoms with Crippen molar-refractivity contribution in [1.29, 1.82) is 5.41 Å². The van der Waals surface area contributed by atoms with Crippen molar-refractivity contribution < 1.29 is 0 Å². The van der Waals surface area contributed by atoms with Gasteiger partial charge in [-0.15, -0.1) is 6.58 Å². The van der Waals surface area contributed by atoms with Crippen molar-refractivity contribution in [3.63, 3.8) is 0 Å². The standard InChI is InChI=1S/C27H47N.C2H6/c1-9-27(7,8)18-17-21(4)14-16-24-11-10-12-25(19-28)26(24)23(6)22(5)15-13-20(2)3;1-2/h9,13-16,19-26,28H,1,10-12,17-18H2,2-8H3;1-2H3/b15-13-,16-14+,28-19?;. The second-order valence-electron chi connectivity index (χ2n) is 10.4. The Morgan fingerprint density at radius 2 is 1.57 bits per heavy atom. The van der Waals surface area contributed by atoms with E-state index in [0.717, 1.165) is 0 Å². The molecule has 0 amide bonds. The van der Waals surface area contributed by atoms with E-state index in [1.807, 2.05) is 13.8 Å². The Labute approximate surface area is 190 Å². The van der Waals surface area contributed by atoms with Crippen molar-refractivity contribution in [3.8, 4) is 0 Å². The Morgan fingerprint density at radius 3 is 2.10 bits per heavy atom. The van der Waals surface area contributed by atoms with Crippen LogP contribution in [0.3, 0.4) is 0 Å². The maximum absolute atomic E-state index is 8.02. The fourth-order valence-electron chi connectivity index (χ4n) is 4.54. The largest absolute Gasteiger partial charge is 0.313 e. The van der Waals surface area contributed by atoms with Crippen LogP contribution in [0.25, 0.3) is 0 Å². The molecule has 30 heavy (non-hydrogen) atoms. The van der Waals surface area contributed by atoms with E-state index < -0.39 is 0 Å². The van der Waals surface area contributed by atoms with Crippen molar-refractivity contribution in [2.75, 3.05) is 0 Å². The van der Waals surface area contributed by atoms with Gasteiger partial charge in [0.25, 0.3) is 0 Å². The molecule has 0 aliphatic heterocycles. The molecule has 6 unspecified atom stereocenters. The second kappa shape index (κ2) is 14.8. The maximum atomic E-state index is 8.02. The molecule has 0 aromatic carbocycles. The number of nitrogens with one attached hydrogen (secondary N) is 1. The van der Waals surface area contributed by atoms with Crippen molar-refractivity contribution in [1.82, 2.24) is 0 Å². The van der Waals surface area contributed by atoms with Crippen LogP contribution in [-0.4, -0.2) is 6.21 Å². The van der Waals surface area contributed by atoms with Gasteiger partial charge < -0.3 is 5.41 Å². The van der Waals surface area contributed by atoms with Gasteiger partial charge in [0.15, 0.2) is 0 Å². The minimum absolute atomic E-state index is 0.230. The minimum Gasteiger partial charge on any atom is -0.313 e. The molecule has 0 spiro atoms. The Morgan fingerprint density at radius 1 is 0.967 bits per heavy atom. The van der Waals surface area contributed by atoms with Crippen molar-refractivity contribution >= 4 is 6.21 Å². The lowest BCUT2D eigenvalue weighted by Gasteiger charge is -2.41. The molecule has 1 nitrogen and oxygen atoms in total. The van der Waals surface area contributed by atoms with Crippen LogP contribution in [0.4, 0.5) is 0 Å². The highest BCUT2D eigenvalue weighted by molar-refractivity contribution is 5.57. The first-order valence-corrected chi connectivity index (χ1v) is 12.6. The molecule has 0 bridgehead atoms. The smallest absolute Gasteiger partial charge is 0.00136 e. The van der Waals surface area contributed by atoms with Crippen LogP contribution in [0.1, 0.15) is 94.4 Å². The summed E-state index contributed by atoms with van der Waals surface area (Å²) in [6.45, 7) is 24.1. The zero-order valence-corrected chi connectivity index (χ0v) is 21.7. The predicted molar refractivity (Wildman–Crippen MR) is 138 cm³/mol. The van der Waals surface area contributed by atoms with Gasteiger partial charge in [0.1, 0.15) is 0 Å². The van der Waals surface area contributed by atoms with Crippen molar-refractivity contribution in [2.45, 2.75) is 94.4 Å². The highest BCUT2D eigenvalue weighted by atomic mass is 14.5. The average Bonchev–Trinajstić information content (AvgIpc) is 2.75. The minimum atomic E-state index is 0.230. The highest BCUT2D eigenvalue weighted by Crippen LogP contribution is 2.42. The quantitative estimate of drug-likeness (QED) is 0.257. The molecule has 0 aromatic heterocycles. The van der Waals surface area contributed by atoms with Crippen LogP contribution in [0.5, 0.6) is 0 Å². The molecule has 1 rings (SSSR count). The van der Waals surface area contributed by atoms with Gasteiger partial charge in [-0.3, -0.25) is 0 Å². The highest BCUT2D eigenvalue weighted by Gasteiger charge is 2.36. The lowest BCUT2D eigenvalue weighted by atomic mass is 9.64. The van der Waals surface area contributed by atoms with Gasteiger partial charge in [-0.25, -0.2) is 0 Å². The Hall–Kier alpha value is -1.11. The SMILES string of the molecule is C=CC(C)(C)CCC(C)/C=C/C1CCCC(C=N)C1C(C)C(C)/C=C\C(C)C.CC. The Balaban J connectivity index is 0.00000407. The summed E-state index contributed by atoms with van der Waals surface area (Å²) in [6.07, 6.45) is 19.7. The summed E-state index contributed by atoms with van der Waals surface area (Å²) in [7, 11) is 0. The molecule has 1 heteroatoms. The molecule has 0 saturated heterocycles. The molecule has 0 heterocycles. The van der Waals surface area contributed by atoms with Gasteiger partial charge in [0.05, 0.1) is 0 Å². The van der Waals surface area contributed by atoms with E-state index in [1.165, 1.54) is 32.1 Å². The molecule has 1 N–H and O–H groups in total. The van der Waals surface area contributed by atoms with Crippen LogP contribution in [0, 0.1) is 52.2 Å². The Bertz CT molecular complexity index is 524. The van der Waals surface area contributed by atoms with E-state index in [-0.39, 0.29) is 5.41 Å². The van der Waals surface area contributed by atoms with E-state index >= 15 is 0 Å². The van der Waals surface area contributed by atoms with E-state index in [2.05, 4.69) is 85.4 Å². The lowest BCUT2D eigenvalue weighted by molar-refractivity contribution is 0.145. The second-order valence-corrected chi connectivity index (χ2v) is 10.4. The summed E-state index contributed by atoms with van der Waals surface area (Å²) in [5.74, 6) is 4.01. The maximum Gasteiger partial charge on any atom is -0.00136 e.